The SMILES string of the molecule is CCOC(=O)CC(NC(=O)[C@@H](C)N)c1ccccc1.Cl. The first-order chi connectivity index (χ1) is 9.04. The van der Waals surface area contributed by atoms with Gasteiger partial charge in [0.2, 0.25) is 5.91 Å². The van der Waals surface area contributed by atoms with Crippen LogP contribution in [-0.2, 0) is 14.3 Å². The van der Waals surface area contributed by atoms with Crippen LogP contribution in [0.15, 0.2) is 30.3 Å². The summed E-state index contributed by atoms with van der Waals surface area (Å²) in [7, 11) is 0. The Labute approximate surface area is 125 Å². The van der Waals surface area contributed by atoms with Crippen molar-refractivity contribution < 1.29 is 14.3 Å². The van der Waals surface area contributed by atoms with Gasteiger partial charge in [-0.1, -0.05) is 30.3 Å². The molecule has 2 atom stereocenters. The van der Waals surface area contributed by atoms with Gasteiger partial charge in [-0.05, 0) is 19.4 Å². The van der Waals surface area contributed by atoms with Crippen LogP contribution in [0.5, 0.6) is 0 Å². The van der Waals surface area contributed by atoms with Gasteiger partial charge < -0.3 is 15.8 Å². The van der Waals surface area contributed by atoms with Gasteiger partial charge in [-0.3, -0.25) is 9.59 Å². The lowest BCUT2D eigenvalue weighted by Crippen LogP contribution is -2.41. The number of benzene rings is 1. The number of hydrogen-bond donors (Lipinski definition) is 2. The van der Waals surface area contributed by atoms with Gasteiger partial charge in [0.05, 0.1) is 25.1 Å². The quantitative estimate of drug-likeness (QED) is 0.781. The number of carbonyl (C=O) groups excluding carboxylic acids is 2. The maximum atomic E-state index is 11.7. The fourth-order valence-electron chi connectivity index (χ4n) is 1.63. The first kappa shape index (κ1) is 18.4. The summed E-state index contributed by atoms with van der Waals surface area (Å²) in [4.78, 5) is 23.3. The molecule has 0 aliphatic carbocycles. The zero-order chi connectivity index (χ0) is 14.3. The van der Waals surface area contributed by atoms with Crippen molar-refractivity contribution in [2.45, 2.75) is 32.4 Å². The van der Waals surface area contributed by atoms with Crippen molar-refractivity contribution in [1.29, 1.82) is 0 Å². The predicted molar refractivity (Wildman–Crippen MR) is 79.5 cm³/mol. The van der Waals surface area contributed by atoms with E-state index in [1.807, 2.05) is 30.3 Å². The zero-order valence-electron chi connectivity index (χ0n) is 11.7. The minimum Gasteiger partial charge on any atom is -0.466 e. The molecule has 0 aromatic heterocycles. The highest BCUT2D eigenvalue weighted by molar-refractivity contribution is 5.85. The molecule has 5 nitrogen and oxygen atoms in total. The average Bonchev–Trinajstić information content (AvgIpc) is 2.39. The monoisotopic (exact) mass is 300 g/mol. The van der Waals surface area contributed by atoms with Crippen LogP contribution in [0.4, 0.5) is 0 Å². The van der Waals surface area contributed by atoms with E-state index < -0.39 is 12.1 Å². The Morgan fingerprint density at radius 1 is 1.30 bits per heavy atom. The van der Waals surface area contributed by atoms with E-state index in [4.69, 9.17) is 10.5 Å². The van der Waals surface area contributed by atoms with E-state index in [-0.39, 0.29) is 30.7 Å². The molecule has 1 unspecified atom stereocenters. The summed E-state index contributed by atoms with van der Waals surface area (Å²) in [6.45, 7) is 3.67. The second kappa shape index (κ2) is 9.34. The third kappa shape index (κ3) is 6.04. The predicted octanol–water partition coefficient (Wildman–Crippen LogP) is 1.57. The van der Waals surface area contributed by atoms with E-state index in [1.165, 1.54) is 0 Å². The Bertz CT molecular complexity index is 424. The van der Waals surface area contributed by atoms with Crippen molar-refractivity contribution in [2.24, 2.45) is 5.73 Å². The minimum absolute atomic E-state index is 0. The molecule has 6 heteroatoms. The van der Waals surface area contributed by atoms with E-state index in [1.54, 1.807) is 13.8 Å². The van der Waals surface area contributed by atoms with Gasteiger partial charge >= 0.3 is 5.97 Å². The largest absolute Gasteiger partial charge is 0.466 e. The number of esters is 1. The molecule has 0 saturated heterocycles. The molecular weight excluding hydrogens is 280 g/mol. The van der Waals surface area contributed by atoms with Gasteiger partial charge in [0.1, 0.15) is 0 Å². The summed E-state index contributed by atoms with van der Waals surface area (Å²) in [5.74, 6) is -0.639. The van der Waals surface area contributed by atoms with Crippen molar-refractivity contribution in [3.8, 4) is 0 Å². The minimum atomic E-state index is -0.617. The van der Waals surface area contributed by atoms with Gasteiger partial charge in [-0.2, -0.15) is 0 Å². The lowest BCUT2D eigenvalue weighted by molar-refractivity contribution is -0.143. The molecule has 0 spiro atoms. The molecule has 0 bridgehead atoms. The molecule has 1 amide bonds. The number of carbonyl (C=O) groups is 2. The van der Waals surface area contributed by atoms with Crippen molar-refractivity contribution in [3.05, 3.63) is 35.9 Å². The Balaban J connectivity index is 0.00000361. The fraction of sp³-hybridized carbons (Fsp3) is 0.429. The molecule has 3 N–H and O–H groups in total. The summed E-state index contributed by atoms with van der Waals surface area (Å²) in [5.41, 5.74) is 6.38. The normalized spacial score (nSPS) is 12.8. The molecule has 0 fully saturated rings. The number of rotatable bonds is 6. The van der Waals surface area contributed by atoms with Crippen LogP contribution in [0.1, 0.15) is 31.9 Å². The van der Waals surface area contributed by atoms with Crippen molar-refractivity contribution in [2.75, 3.05) is 6.61 Å². The smallest absolute Gasteiger partial charge is 0.308 e. The Morgan fingerprint density at radius 3 is 2.40 bits per heavy atom. The van der Waals surface area contributed by atoms with Gasteiger partial charge in [0.15, 0.2) is 0 Å². The summed E-state index contributed by atoms with van der Waals surface area (Å²) < 4.78 is 4.91. The van der Waals surface area contributed by atoms with E-state index in [9.17, 15) is 9.59 Å². The standard InChI is InChI=1S/C14H20N2O3.ClH/c1-3-19-13(17)9-12(16-14(18)10(2)15)11-7-5-4-6-8-11;/h4-8,10,12H,3,9,15H2,1-2H3,(H,16,18);1H/t10-,12?;/m1./s1. The molecule has 0 heterocycles. The highest BCUT2D eigenvalue weighted by Crippen LogP contribution is 2.17. The summed E-state index contributed by atoms with van der Waals surface area (Å²) in [5, 5.41) is 2.76. The van der Waals surface area contributed by atoms with Gasteiger partial charge in [0, 0.05) is 0 Å². The van der Waals surface area contributed by atoms with Crippen LogP contribution in [0.2, 0.25) is 0 Å². The summed E-state index contributed by atoms with van der Waals surface area (Å²) >= 11 is 0. The van der Waals surface area contributed by atoms with E-state index in [0.717, 1.165) is 5.56 Å². The third-order valence-electron chi connectivity index (χ3n) is 2.61. The fourth-order valence-corrected chi connectivity index (χ4v) is 1.63. The zero-order valence-corrected chi connectivity index (χ0v) is 12.5. The first-order valence-corrected chi connectivity index (χ1v) is 6.31. The number of hydrogen-bond acceptors (Lipinski definition) is 4. The van der Waals surface area contributed by atoms with Crippen molar-refractivity contribution in [1.82, 2.24) is 5.32 Å². The lowest BCUT2D eigenvalue weighted by Gasteiger charge is -2.19. The maximum absolute atomic E-state index is 11.7. The molecular formula is C14H21ClN2O3. The Kier molecular flexibility index (Phi) is 8.59. The number of nitrogens with one attached hydrogen (secondary N) is 1. The number of nitrogens with two attached hydrogens (primary N) is 1. The summed E-state index contributed by atoms with van der Waals surface area (Å²) in [6.07, 6.45) is 0.0936. The molecule has 1 aromatic carbocycles. The van der Waals surface area contributed by atoms with Gasteiger partial charge in [-0.15, -0.1) is 12.4 Å². The molecule has 112 valence electrons. The van der Waals surface area contributed by atoms with E-state index in [2.05, 4.69) is 5.32 Å². The van der Waals surface area contributed by atoms with Gasteiger partial charge in [0.25, 0.3) is 0 Å². The Morgan fingerprint density at radius 2 is 1.90 bits per heavy atom. The van der Waals surface area contributed by atoms with Crippen LogP contribution in [0.3, 0.4) is 0 Å². The molecule has 20 heavy (non-hydrogen) atoms. The maximum Gasteiger partial charge on any atom is 0.308 e. The van der Waals surface area contributed by atoms with Crippen molar-refractivity contribution >= 4 is 24.3 Å². The molecule has 0 aliphatic heterocycles. The topological polar surface area (TPSA) is 81.4 Å². The van der Waals surface area contributed by atoms with Crippen LogP contribution in [0.25, 0.3) is 0 Å². The highest BCUT2D eigenvalue weighted by Gasteiger charge is 2.20. The third-order valence-corrected chi connectivity index (χ3v) is 2.61. The average molecular weight is 301 g/mol. The molecule has 0 radical (unpaired) electrons. The van der Waals surface area contributed by atoms with Gasteiger partial charge in [-0.25, -0.2) is 0 Å². The van der Waals surface area contributed by atoms with Crippen LogP contribution in [-0.4, -0.2) is 24.5 Å². The Hall–Kier alpha value is -1.59. The number of ether oxygens (including phenoxy) is 1. The number of halogens is 1. The second-order valence-corrected chi connectivity index (χ2v) is 4.27. The van der Waals surface area contributed by atoms with Crippen LogP contribution < -0.4 is 11.1 Å². The number of amides is 1. The van der Waals surface area contributed by atoms with E-state index >= 15 is 0 Å². The molecule has 1 aromatic rings. The van der Waals surface area contributed by atoms with Crippen LogP contribution in [0, 0.1) is 0 Å². The first-order valence-electron chi connectivity index (χ1n) is 6.31. The van der Waals surface area contributed by atoms with E-state index in [0.29, 0.717) is 6.61 Å². The highest BCUT2D eigenvalue weighted by atomic mass is 35.5. The molecule has 0 saturated carbocycles. The molecule has 0 aliphatic rings. The van der Waals surface area contributed by atoms with Crippen molar-refractivity contribution in [3.63, 3.8) is 0 Å². The lowest BCUT2D eigenvalue weighted by atomic mass is 10.0. The summed E-state index contributed by atoms with van der Waals surface area (Å²) in [6, 6.07) is 8.25. The van der Waals surface area contributed by atoms with Crippen LogP contribution >= 0.6 is 12.4 Å². The second-order valence-electron chi connectivity index (χ2n) is 4.27. The molecule has 1 rings (SSSR count).